The van der Waals surface area contributed by atoms with Gasteiger partial charge in [-0.1, -0.05) is 31.9 Å². The lowest BCUT2D eigenvalue weighted by Crippen LogP contribution is -2.43. The van der Waals surface area contributed by atoms with Crippen LogP contribution in [0.25, 0.3) is 0 Å². The molecule has 2 aliphatic rings. The minimum Gasteiger partial charge on any atom is -0.455 e. The highest BCUT2D eigenvalue weighted by Crippen LogP contribution is 2.42. The lowest BCUT2D eigenvalue weighted by Gasteiger charge is -2.31. The Morgan fingerprint density at radius 2 is 2.04 bits per heavy atom. The van der Waals surface area contributed by atoms with Crippen LogP contribution in [0.3, 0.4) is 0 Å². The molecular weight excluding hydrogens is 321 g/mol. The molecule has 5 heteroatoms. The summed E-state index contributed by atoms with van der Waals surface area (Å²) in [5.41, 5.74) is -0.147. The number of benzene rings is 1. The maximum atomic E-state index is 13.6. The van der Waals surface area contributed by atoms with Crippen LogP contribution in [0.2, 0.25) is 0 Å². The van der Waals surface area contributed by atoms with Crippen LogP contribution in [-0.4, -0.2) is 36.5 Å². The minimum absolute atomic E-state index is 0.132. The molecule has 1 unspecified atom stereocenters. The van der Waals surface area contributed by atoms with Crippen LogP contribution in [0.5, 0.6) is 0 Å². The van der Waals surface area contributed by atoms with E-state index in [1.807, 2.05) is 0 Å². The molecule has 1 saturated heterocycles. The lowest BCUT2D eigenvalue weighted by atomic mass is 9.79. The Morgan fingerprint density at radius 3 is 2.72 bits per heavy atom. The zero-order chi connectivity index (χ0) is 17.9. The Bertz CT molecular complexity index is 640. The number of halogens is 1. The summed E-state index contributed by atoms with van der Waals surface area (Å²) in [6, 6.07) is 6.20. The second kappa shape index (κ2) is 7.54. The van der Waals surface area contributed by atoms with Crippen molar-refractivity contribution in [2.24, 2.45) is 5.92 Å². The van der Waals surface area contributed by atoms with E-state index in [9.17, 15) is 14.0 Å². The largest absolute Gasteiger partial charge is 0.455 e. The van der Waals surface area contributed by atoms with E-state index >= 15 is 0 Å². The Morgan fingerprint density at radius 1 is 1.28 bits per heavy atom. The highest BCUT2D eigenvalue weighted by molar-refractivity contribution is 5.86. The number of carbonyl (C=O) groups excluding carboxylic acids is 2. The molecule has 3 rings (SSSR count). The predicted octanol–water partition coefficient (Wildman–Crippen LogP) is 3.44. The zero-order valence-electron chi connectivity index (χ0n) is 14.8. The van der Waals surface area contributed by atoms with Gasteiger partial charge in [0.25, 0.3) is 5.91 Å². The van der Waals surface area contributed by atoms with Crippen molar-refractivity contribution in [3.63, 3.8) is 0 Å². The van der Waals surface area contributed by atoms with Crippen LogP contribution in [0, 0.1) is 11.7 Å². The first kappa shape index (κ1) is 17.9. The number of likely N-dealkylation sites (tertiary alicyclic amines) is 1. The number of hydrogen-bond acceptors (Lipinski definition) is 3. The zero-order valence-corrected chi connectivity index (χ0v) is 14.8. The molecule has 1 aromatic rings. The first-order valence-electron chi connectivity index (χ1n) is 9.22. The van der Waals surface area contributed by atoms with E-state index in [2.05, 4.69) is 6.92 Å². The fourth-order valence-electron chi connectivity index (χ4n) is 4.15. The first-order valence-corrected chi connectivity index (χ1v) is 9.22. The number of ether oxygens (including phenoxy) is 1. The monoisotopic (exact) mass is 347 g/mol. The van der Waals surface area contributed by atoms with E-state index in [0.29, 0.717) is 24.3 Å². The fraction of sp³-hybridized carbons (Fsp3) is 0.600. The molecule has 136 valence electrons. The topological polar surface area (TPSA) is 46.6 Å². The highest BCUT2D eigenvalue weighted by atomic mass is 19.1. The Balaban J connectivity index is 1.67. The molecule has 1 amide bonds. The summed E-state index contributed by atoms with van der Waals surface area (Å²) < 4.78 is 19.1. The molecule has 0 spiro atoms. The van der Waals surface area contributed by atoms with Crippen molar-refractivity contribution >= 4 is 11.9 Å². The van der Waals surface area contributed by atoms with Gasteiger partial charge in [-0.2, -0.15) is 0 Å². The highest BCUT2D eigenvalue weighted by Gasteiger charge is 2.44. The Kier molecular flexibility index (Phi) is 5.40. The summed E-state index contributed by atoms with van der Waals surface area (Å²) in [7, 11) is 0. The van der Waals surface area contributed by atoms with Gasteiger partial charge in [-0.05, 0) is 49.3 Å². The molecule has 2 fully saturated rings. The van der Waals surface area contributed by atoms with Gasteiger partial charge in [-0.25, -0.2) is 4.39 Å². The van der Waals surface area contributed by atoms with Crippen molar-refractivity contribution in [3.05, 3.63) is 35.6 Å². The van der Waals surface area contributed by atoms with Gasteiger partial charge in [0.2, 0.25) is 0 Å². The minimum atomic E-state index is -0.808. The van der Waals surface area contributed by atoms with E-state index in [4.69, 9.17) is 4.74 Å². The van der Waals surface area contributed by atoms with Crippen LogP contribution in [0.4, 0.5) is 4.39 Å². The molecule has 0 bridgehead atoms. The molecule has 1 atom stereocenters. The summed E-state index contributed by atoms with van der Waals surface area (Å²) in [6.07, 6.45) is 5.22. The van der Waals surface area contributed by atoms with E-state index in [0.717, 1.165) is 38.8 Å². The van der Waals surface area contributed by atoms with Crippen LogP contribution >= 0.6 is 0 Å². The first-order chi connectivity index (χ1) is 12.0. The average Bonchev–Trinajstić information content (AvgIpc) is 3.10. The molecule has 1 aliphatic carbocycles. The number of esters is 1. The number of nitrogens with zero attached hydrogens (tertiary/aromatic N) is 1. The van der Waals surface area contributed by atoms with Gasteiger partial charge >= 0.3 is 5.97 Å². The second-order valence-corrected chi connectivity index (χ2v) is 7.46. The molecule has 1 saturated carbocycles. The summed E-state index contributed by atoms with van der Waals surface area (Å²) in [5.74, 6) is -0.391. The molecule has 1 aromatic carbocycles. The van der Waals surface area contributed by atoms with E-state index < -0.39 is 11.4 Å². The molecule has 0 aromatic heterocycles. The number of piperidine rings is 1. The van der Waals surface area contributed by atoms with Gasteiger partial charge in [0, 0.05) is 13.1 Å². The molecule has 1 heterocycles. The second-order valence-electron chi connectivity index (χ2n) is 7.46. The van der Waals surface area contributed by atoms with E-state index in [-0.39, 0.29) is 18.3 Å². The van der Waals surface area contributed by atoms with Crippen molar-refractivity contribution in [1.82, 2.24) is 4.90 Å². The maximum Gasteiger partial charge on any atom is 0.317 e. The third-order valence-electron chi connectivity index (χ3n) is 5.56. The van der Waals surface area contributed by atoms with Crippen molar-refractivity contribution in [1.29, 1.82) is 0 Å². The van der Waals surface area contributed by atoms with Gasteiger partial charge in [-0.15, -0.1) is 0 Å². The van der Waals surface area contributed by atoms with Crippen molar-refractivity contribution in [2.75, 3.05) is 19.7 Å². The summed E-state index contributed by atoms with van der Waals surface area (Å²) >= 11 is 0. The maximum absolute atomic E-state index is 13.6. The van der Waals surface area contributed by atoms with Crippen LogP contribution in [0.1, 0.15) is 51.0 Å². The standard InChI is InChI=1S/C20H26FNO3/c1-15-6-5-11-22(13-15)18(23)14-25-19(24)20(9-2-3-10-20)16-7-4-8-17(21)12-16/h4,7-8,12,15H,2-3,5-6,9-11,13-14H2,1H3. The van der Waals surface area contributed by atoms with Gasteiger partial charge in [0.15, 0.2) is 6.61 Å². The lowest BCUT2D eigenvalue weighted by molar-refractivity contribution is -0.157. The van der Waals surface area contributed by atoms with Gasteiger partial charge < -0.3 is 9.64 Å². The number of hydrogen-bond donors (Lipinski definition) is 0. The SMILES string of the molecule is CC1CCCN(C(=O)COC(=O)C2(c3cccc(F)c3)CCCC2)C1. The molecule has 1 aliphatic heterocycles. The molecule has 4 nitrogen and oxygen atoms in total. The molecular formula is C20H26FNO3. The Labute approximate surface area is 148 Å². The number of rotatable bonds is 4. The van der Waals surface area contributed by atoms with Crippen LogP contribution in [-0.2, 0) is 19.7 Å². The van der Waals surface area contributed by atoms with Gasteiger partial charge in [-0.3, -0.25) is 9.59 Å². The van der Waals surface area contributed by atoms with E-state index in [1.54, 1.807) is 17.0 Å². The average molecular weight is 347 g/mol. The van der Waals surface area contributed by atoms with Gasteiger partial charge in [0.1, 0.15) is 5.82 Å². The number of carbonyl (C=O) groups is 2. The van der Waals surface area contributed by atoms with Crippen molar-refractivity contribution in [2.45, 2.75) is 50.9 Å². The quantitative estimate of drug-likeness (QED) is 0.784. The summed E-state index contributed by atoms with van der Waals surface area (Å²) in [4.78, 5) is 26.9. The van der Waals surface area contributed by atoms with E-state index in [1.165, 1.54) is 12.1 Å². The van der Waals surface area contributed by atoms with Crippen molar-refractivity contribution < 1.29 is 18.7 Å². The predicted molar refractivity (Wildman–Crippen MR) is 92.5 cm³/mol. The van der Waals surface area contributed by atoms with Crippen LogP contribution < -0.4 is 0 Å². The number of amides is 1. The van der Waals surface area contributed by atoms with Crippen LogP contribution in [0.15, 0.2) is 24.3 Å². The Hall–Kier alpha value is -1.91. The molecule has 0 N–H and O–H groups in total. The fourth-order valence-corrected chi connectivity index (χ4v) is 4.15. The third kappa shape index (κ3) is 3.86. The summed E-state index contributed by atoms with van der Waals surface area (Å²) in [6.45, 7) is 3.37. The smallest absolute Gasteiger partial charge is 0.317 e. The summed E-state index contributed by atoms with van der Waals surface area (Å²) in [5, 5.41) is 0. The van der Waals surface area contributed by atoms with Gasteiger partial charge in [0.05, 0.1) is 5.41 Å². The normalized spacial score (nSPS) is 22.6. The third-order valence-corrected chi connectivity index (χ3v) is 5.56. The van der Waals surface area contributed by atoms with Crippen molar-refractivity contribution in [3.8, 4) is 0 Å². The molecule has 25 heavy (non-hydrogen) atoms. The molecule has 0 radical (unpaired) electrons.